The van der Waals surface area contributed by atoms with Gasteiger partial charge in [-0.1, -0.05) is 15.9 Å². The molecule has 0 saturated carbocycles. The molecule has 0 aromatic heterocycles. The molecule has 6 nitrogen and oxygen atoms in total. The van der Waals surface area contributed by atoms with Crippen LogP contribution in [0.1, 0.15) is 12.5 Å². The lowest BCUT2D eigenvalue weighted by atomic mass is 10.0. The molecule has 0 unspecified atom stereocenters. The maximum absolute atomic E-state index is 12.3. The Kier molecular flexibility index (Phi) is 4.26. The number of anilines is 2. The molecular weight excluding hydrogens is 376 g/mol. The van der Waals surface area contributed by atoms with Gasteiger partial charge < -0.3 is 20.5 Å². The number of amides is 1. The van der Waals surface area contributed by atoms with E-state index >= 15 is 0 Å². The van der Waals surface area contributed by atoms with Gasteiger partial charge in [0.25, 0.3) is 5.91 Å². The van der Waals surface area contributed by atoms with Crippen LogP contribution in [0, 0.1) is 0 Å². The summed E-state index contributed by atoms with van der Waals surface area (Å²) in [5.41, 5.74) is 3.15. The van der Waals surface area contributed by atoms with Crippen molar-refractivity contribution in [3.05, 3.63) is 58.2 Å². The SMILES string of the molecule is C/C(Nc1ccc(Br)cc1)=C1/C(=O)Nc2ccc(OC(=O)O)cc21. The van der Waals surface area contributed by atoms with E-state index in [9.17, 15) is 9.59 Å². The average Bonchev–Trinajstić information content (AvgIpc) is 2.84. The number of ether oxygens (including phenoxy) is 1. The van der Waals surface area contributed by atoms with Gasteiger partial charge in [-0.2, -0.15) is 0 Å². The van der Waals surface area contributed by atoms with Crippen LogP contribution in [-0.4, -0.2) is 17.2 Å². The van der Waals surface area contributed by atoms with E-state index in [2.05, 4.69) is 31.3 Å². The van der Waals surface area contributed by atoms with Crippen molar-refractivity contribution in [3.63, 3.8) is 0 Å². The predicted molar refractivity (Wildman–Crippen MR) is 94.1 cm³/mol. The van der Waals surface area contributed by atoms with Gasteiger partial charge >= 0.3 is 6.16 Å². The minimum Gasteiger partial charge on any atom is -0.449 e. The first-order valence-corrected chi connectivity index (χ1v) is 7.83. The topological polar surface area (TPSA) is 87.7 Å². The molecule has 1 aliphatic heterocycles. The smallest absolute Gasteiger partial charge is 0.449 e. The van der Waals surface area contributed by atoms with Crippen LogP contribution in [0.3, 0.4) is 0 Å². The van der Waals surface area contributed by atoms with Crippen LogP contribution in [0.15, 0.2) is 52.6 Å². The fourth-order valence-electron chi connectivity index (χ4n) is 2.50. The molecule has 0 saturated heterocycles. The highest BCUT2D eigenvalue weighted by atomic mass is 79.9. The highest BCUT2D eigenvalue weighted by molar-refractivity contribution is 9.10. The lowest BCUT2D eigenvalue weighted by Crippen LogP contribution is -2.08. The van der Waals surface area contributed by atoms with E-state index in [4.69, 9.17) is 5.11 Å². The lowest BCUT2D eigenvalue weighted by Gasteiger charge is -2.10. The van der Waals surface area contributed by atoms with Crippen molar-refractivity contribution in [1.29, 1.82) is 0 Å². The van der Waals surface area contributed by atoms with Crippen molar-refractivity contribution in [3.8, 4) is 5.75 Å². The van der Waals surface area contributed by atoms with Crippen LogP contribution >= 0.6 is 15.9 Å². The van der Waals surface area contributed by atoms with E-state index in [1.54, 1.807) is 13.0 Å². The minimum atomic E-state index is -1.40. The first kappa shape index (κ1) is 16.1. The summed E-state index contributed by atoms with van der Waals surface area (Å²) in [6.45, 7) is 1.79. The largest absolute Gasteiger partial charge is 0.511 e. The molecule has 0 radical (unpaired) electrons. The van der Waals surface area contributed by atoms with Gasteiger partial charge in [0.15, 0.2) is 0 Å². The number of rotatable bonds is 3. The van der Waals surface area contributed by atoms with Gasteiger partial charge in [0.2, 0.25) is 0 Å². The van der Waals surface area contributed by atoms with Gasteiger partial charge in [-0.25, -0.2) is 4.79 Å². The molecule has 3 N–H and O–H groups in total. The Hall–Kier alpha value is -2.80. The standard InChI is InChI=1S/C17H13BrN2O4/c1-9(19-11-4-2-10(18)3-5-11)15-13-8-12(24-17(22)23)6-7-14(13)20-16(15)21/h2-8,19H,1H3,(H,20,21)(H,22,23)/b15-9-. The zero-order valence-electron chi connectivity index (χ0n) is 12.6. The Morgan fingerprint density at radius 1 is 1.21 bits per heavy atom. The summed E-state index contributed by atoms with van der Waals surface area (Å²) in [6, 6.07) is 12.2. The lowest BCUT2D eigenvalue weighted by molar-refractivity contribution is -0.110. The van der Waals surface area contributed by atoms with Crippen molar-refractivity contribution in [1.82, 2.24) is 0 Å². The number of carbonyl (C=O) groups excluding carboxylic acids is 1. The molecule has 0 bridgehead atoms. The van der Waals surface area contributed by atoms with E-state index in [0.717, 1.165) is 10.2 Å². The molecule has 0 fully saturated rings. The molecule has 3 rings (SSSR count). The monoisotopic (exact) mass is 388 g/mol. The first-order valence-electron chi connectivity index (χ1n) is 7.04. The Balaban J connectivity index is 1.97. The highest BCUT2D eigenvalue weighted by Crippen LogP contribution is 2.36. The molecule has 2 aromatic carbocycles. The van der Waals surface area contributed by atoms with Gasteiger partial charge in [-0.15, -0.1) is 0 Å². The average molecular weight is 389 g/mol. The number of benzene rings is 2. The number of hydrogen-bond donors (Lipinski definition) is 3. The third-order valence-electron chi connectivity index (χ3n) is 3.49. The highest BCUT2D eigenvalue weighted by Gasteiger charge is 2.27. The summed E-state index contributed by atoms with van der Waals surface area (Å²) in [5, 5.41) is 14.7. The van der Waals surface area contributed by atoms with Crippen LogP contribution in [0.25, 0.3) is 5.57 Å². The predicted octanol–water partition coefficient (Wildman–Crippen LogP) is 4.30. The summed E-state index contributed by atoms with van der Waals surface area (Å²) < 4.78 is 5.62. The molecule has 7 heteroatoms. The number of carboxylic acid groups (broad SMARTS) is 1. The third-order valence-corrected chi connectivity index (χ3v) is 4.02. The fourth-order valence-corrected chi connectivity index (χ4v) is 2.76. The van der Waals surface area contributed by atoms with Crippen molar-refractivity contribution in [2.24, 2.45) is 0 Å². The van der Waals surface area contributed by atoms with Gasteiger partial charge in [-0.3, -0.25) is 4.79 Å². The molecule has 2 aromatic rings. The Morgan fingerprint density at radius 3 is 2.58 bits per heavy atom. The van der Waals surface area contributed by atoms with Crippen molar-refractivity contribution < 1.29 is 19.4 Å². The summed E-state index contributed by atoms with van der Waals surface area (Å²) in [5.74, 6) is -0.0914. The van der Waals surface area contributed by atoms with E-state index < -0.39 is 6.16 Å². The Bertz CT molecular complexity index is 859. The molecule has 0 spiro atoms. The van der Waals surface area contributed by atoms with E-state index in [0.29, 0.717) is 22.5 Å². The molecular formula is C17H13BrN2O4. The van der Waals surface area contributed by atoms with E-state index in [1.807, 2.05) is 24.3 Å². The summed E-state index contributed by atoms with van der Waals surface area (Å²) in [6.07, 6.45) is -1.40. The minimum absolute atomic E-state index is 0.159. The van der Waals surface area contributed by atoms with Crippen molar-refractivity contribution in [2.45, 2.75) is 6.92 Å². The maximum atomic E-state index is 12.3. The van der Waals surface area contributed by atoms with Crippen LogP contribution in [0.5, 0.6) is 5.75 Å². The normalized spacial score (nSPS) is 14.7. The van der Waals surface area contributed by atoms with Crippen molar-refractivity contribution >= 4 is 44.9 Å². The van der Waals surface area contributed by atoms with Crippen LogP contribution in [0.4, 0.5) is 16.2 Å². The van der Waals surface area contributed by atoms with Gasteiger partial charge in [0, 0.05) is 27.1 Å². The third kappa shape index (κ3) is 3.26. The molecule has 1 heterocycles. The summed E-state index contributed by atoms with van der Waals surface area (Å²) >= 11 is 3.37. The molecule has 1 aliphatic rings. The maximum Gasteiger partial charge on any atom is 0.511 e. The Morgan fingerprint density at radius 2 is 1.92 bits per heavy atom. The van der Waals surface area contributed by atoms with Gasteiger partial charge in [-0.05, 0) is 49.4 Å². The summed E-state index contributed by atoms with van der Waals surface area (Å²) in [4.78, 5) is 23.0. The number of allylic oxidation sites excluding steroid dienone is 1. The van der Waals surface area contributed by atoms with Crippen LogP contribution < -0.4 is 15.4 Å². The molecule has 122 valence electrons. The number of hydrogen-bond acceptors (Lipinski definition) is 4. The van der Waals surface area contributed by atoms with Gasteiger partial charge in [0.05, 0.1) is 5.57 Å². The second-order valence-corrected chi connectivity index (χ2v) is 6.08. The van der Waals surface area contributed by atoms with Crippen molar-refractivity contribution in [2.75, 3.05) is 10.6 Å². The second-order valence-electron chi connectivity index (χ2n) is 5.16. The van der Waals surface area contributed by atoms with Crippen LogP contribution in [-0.2, 0) is 4.79 Å². The number of nitrogens with one attached hydrogen (secondary N) is 2. The number of halogens is 1. The number of fused-ring (bicyclic) bond motifs is 1. The fraction of sp³-hybridized carbons (Fsp3) is 0.0588. The van der Waals surface area contributed by atoms with Crippen LogP contribution in [0.2, 0.25) is 0 Å². The first-order chi connectivity index (χ1) is 11.4. The quantitative estimate of drug-likeness (QED) is 0.414. The van der Waals surface area contributed by atoms with E-state index in [-0.39, 0.29) is 11.7 Å². The zero-order chi connectivity index (χ0) is 17.3. The molecule has 24 heavy (non-hydrogen) atoms. The summed E-state index contributed by atoms with van der Waals surface area (Å²) in [7, 11) is 0. The van der Waals surface area contributed by atoms with E-state index in [1.165, 1.54) is 12.1 Å². The Labute approximate surface area is 146 Å². The molecule has 1 amide bonds. The second kappa shape index (κ2) is 6.37. The number of carbonyl (C=O) groups is 2. The molecule has 0 aliphatic carbocycles. The zero-order valence-corrected chi connectivity index (χ0v) is 14.2. The van der Waals surface area contributed by atoms with Gasteiger partial charge in [0.1, 0.15) is 5.75 Å². The molecule has 0 atom stereocenters.